The van der Waals surface area contributed by atoms with Crippen LogP contribution < -0.4 is 15.4 Å². The zero-order valence-electron chi connectivity index (χ0n) is 15.0. The molecule has 1 heterocycles. The summed E-state index contributed by atoms with van der Waals surface area (Å²) < 4.78 is 5.41. The predicted octanol–water partition coefficient (Wildman–Crippen LogP) is 2.30. The van der Waals surface area contributed by atoms with Gasteiger partial charge >= 0.3 is 0 Å². The lowest BCUT2D eigenvalue weighted by molar-refractivity contribution is 0.0947. The van der Waals surface area contributed by atoms with Crippen molar-refractivity contribution in [2.24, 2.45) is 0 Å². The maximum Gasteiger partial charge on any atom is 0.270 e. The molecule has 2 N–H and O–H groups in total. The number of hydrogen-bond donors (Lipinski definition) is 2. The van der Waals surface area contributed by atoms with E-state index in [1.807, 2.05) is 45.3 Å². The first-order chi connectivity index (χ1) is 12.1. The highest BCUT2D eigenvalue weighted by Crippen LogP contribution is 2.18. The van der Waals surface area contributed by atoms with Crippen molar-refractivity contribution >= 4 is 17.5 Å². The number of carbonyl (C=O) groups is 1. The quantitative estimate of drug-likeness (QED) is 0.680. The van der Waals surface area contributed by atoms with E-state index in [0.717, 1.165) is 24.4 Å². The van der Waals surface area contributed by atoms with Crippen LogP contribution in [0, 0.1) is 0 Å². The standard InChI is InChI=1S/C18H25N5O2/c1-4-25-15-8-6-14(7-9-15)21-18-20-12-10-16(22-18)17(24)19-11-5-13-23(2)3/h6-10,12H,4-5,11,13H2,1-3H3,(H,19,24)(H,20,21,22). The van der Waals surface area contributed by atoms with E-state index in [1.54, 1.807) is 12.3 Å². The predicted molar refractivity (Wildman–Crippen MR) is 98.4 cm³/mol. The number of hydrogen-bond acceptors (Lipinski definition) is 6. The number of carbonyl (C=O) groups excluding carboxylic acids is 1. The maximum absolute atomic E-state index is 12.2. The van der Waals surface area contributed by atoms with E-state index in [9.17, 15) is 4.79 Å². The molecule has 134 valence electrons. The summed E-state index contributed by atoms with van der Waals surface area (Å²) in [6, 6.07) is 9.09. The highest BCUT2D eigenvalue weighted by atomic mass is 16.5. The molecule has 0 saturated carbocycles. The molecule has 0 spiro atoms. The van der Waals surface area contributed by atoms with Crippen molar-refractivity contribution < 1.29 is 9.53 Å². The zero-order valence-corrected chi connectivity index (χ0v) is 15.0. The molecule has 0 unspecified atom stereocenters. The topological polar surface area (TPSA) is 79.4 Å². The average molecular weight is 343 g/mol. The first kappa shape index (κ1) is 18.7. The van der Waals surface area contributed by atoms with Gasteiger partial charge in [-0.25, -0.2) is 9.97 Å². The van der Waals surface area contributed by atoms with E-state index < -0.39 is 0 Å². The Morgan fingerprint density at radius 2 is 1.96 bits per heavy atom. The van der Waals surface area contributed by atoms with Crippen LogP contribution in [0.25, 0.3) is 0 Å². The monoisotopic (exact) mass is 343 g/mol. The lowest BCUT2D eigenvalue weighted by Crippen LogP contribution is -2.28. The second-order valence-electron chi connectivity index (χ2n) is 5.76. The van der Waals surface area contributed by atoms with E-state index in [4.69, 9.17) is 4.74 Å². The molecule has 7 heteroatoms. The van der Waals surface area contributed by atoms with Gasteiger partial charge in [0.05, 0.1) is 6.61 Å². The Morgan fingerprint density at radius 3 is 2.64 bits per heavy atom. The smallest absolute Gasteiger partial charge is 0.270 e. The fourth-order valence-corrected chi connectivity index (χ4v) is 2.16. The number of aromatic nitrogens is 2. The molecular formula is C18H25N5O2. The lowest BCUT2D eigenvalue weighted by atomic mass is 10.3. The van der Waals surface area contributed by atoms with Crippen molar-refractivity contribution in [3.63, 3.8) is 0 Å². The van der Waals surface area contributed by atoms with Crippen LogP contribution >= 0.6 is 0 Å². The van der Waals surface area contributed by atoms with Gasteiger partial charge in [0.25, 0.3) is 5.91 Å². The number of ether oxygens (including phenoxy) is 1. The van der Waals surface area contributed by atoms with Gasteiger partial charge in [-0.1, -0.05) is 0 Å². The number of anilines is 2. The first-order valence-corrected chi connectivity index (χ1v) is 8.34. The molecule has 0 aliphatic rings. The molecule has 2 aromatic rings. The summed E-state index contributed by atoms with van der Waals surface area (Å²) in [6.07, 6.45) is 2.46. The van der Waals surface area contributed by atoms with Gasteiger partial charge in [-0.2, -0.15) is 0 Å². The van der Waals surface area contributed by atoms with Crippen molar-refractivity contribution in [2.75, 3.05) is 39.1 Å². The molecule has 0 aliphatic carbocycles. The molecule has 25 heavy (non-hydrogen) atoms. The summed E-state index contributed by atoms with van der Waals surface area (Å²) in [4.78, 5) is 22.7. The van der Waals surface area contributed by atoms with Crippen molar-refractivity contribution in [3.05, 3.63) is 42.2 Å². The molecule has 7 nitrogen and oxygen atoms in total. The van der Waals surface area contributed by atoms with Gasteiger partial charge in [0.15, 0.2) is 0 Å². The molecule has 0 radical (unpaired) electrons. The fraction of sp³-hybridized carbons (Fsp3) is 0.389. The van der Waals surface area contributed by atoms with E-state index in [-0.39, 0.29) is 5.91 Å². The minimum absolute atomic E-state index is 0.198. The molecule has 2 rings (SSSR count). The lowest BCUT2D eigenvalue weighted by Gasteiger charge is -2.10. The minimum atomic E-state index is -0.198. The number of nitrogens with zero attached hydrogens (tertiary/aromatic N) is 3. The van der Waals surface area contributed by atoms with Gasteiger partial charge in [0, 0.05) is 18.4 Å². The second kappa shape index (κ2) is 9.58. The van der Waals surface area contributed by atoms with E-state index >= 15 is 0 Å². The fourth-order valence-electron chi connectivity index (χ4n) is 2.16. The van der Waals surface area contributed by atoms with Gasteiger partial charge in [0.1, 0.15) is 11.4 Å². The molecule has 1 amide bonds. The Hall–Kier alpha value is -2.67. The van der Waals surface area contributed by atoms with Crippen LogP contribution in [-0.4, -0.2) is 54.6 Å². The number of benzene rings is 1. The molecule has 0 bridgehead atoms. The van der Waals surface area contributed by atoms with Crippen LogP contribution in [0.1, 0.15) is 23.8 Å². The number of nitrogens with one attached hydrogen (secondary N) is 2. The van der Waals surface area contributed by atoms with Crippen molar-refractivity contribution in [1.82, 2.24) is 20.2 Å². The third-order valence-electron chi connectivity index (χ3n) is 3.38. The van der Waals surface area contributed by atoms with Crippen molar-refractivity contribution in [2.45, 2.75) is 13.3 Å². The summed E-state index contributed by atoms with van der Waals surface area (Å²) in [5.41, 5.74) is 1.17. The molecular weight excluding hydrogens is 318 g/mol. The van der Waals surface area contributed by atoms with E-state index in [0.29, 0.717) is 24.8 Å². The molecule has 1 aromatic heterocycles. The van der Waals surface area contributed by atoms with Crippen LogP contribution in [0.3, 0.4) is 0 Å². The van der Waals surface area contributed by atoms with Crippen molar-refractivity contribution in [1.29, 1.82) is 0 Å². The Labute approximate surface area is 148 Å². The zero-order chi connectivity index (χ0) is 18.1. The summed E-state index contributed by atoms with van der Waals surface area (Å²) in [6.45, 7) is 4.11. The van der Waals surface area contributed by atoms with Gasteiger partial charge in [-0.3, -0.25) is 4.79 Å². The van der Waals surface area contributed by atoms with Crippen LogP contribution in [0.2, 0.25) is 0 Å². The van der Waals surface area contributed by atoms with Crippen LogP contribution in [-0.2, 0) is 0 Å². The summed E-state index contributed by atoms with van der Waals surface area (Å²) in [5, 5.41) is 5.95. The van der Waals surface area contributed by atoms with Crippen LogP contribution in [0.5, 0.6) is 5.75 Å². The normalized spacial score (nSPS) is 10.6. The Kier molecular flexibility index (Phi) is 7.16. The SMILES string of the molecule is CCOc1ccc(Nc2nccc(C(=O)NCCCN(C)C)n2)cc1. The molecule has 1 aromatic carbocycles. The van der Waals surface area contributed by atoms with Crippen LogP contribution in [0.15, 0.2) is 36.5 Å². The average Bonchev–Trinajstić information content (AvgIpc) is 2.60. The summed E-state index contributed by atoms with van der Waals surface area (Å²) >= 11 is 0. The third-order valence-corrected chi connectivity index (χ3v) is 3.38. The first-order valence-electron chi connectivity index (χ1n) is 8.34. The molecule has 0 aliphatic heterocycles. The second-order valence-corrected chi connectivity index (χ2v) is 5.76. The molecule has 0 saturated heterocycles. The number of amides is 1. The van der Waals surface area contributed by atoms with Gasteiger partial charge in [-0.15, -0.1) is 0 Å². The molecule has 0 atom stereocenters. The van der Waals surface area contributed by atoms with Crippen LogP contribution in [0.4, 0.5) is 11.6 Å². The Morgan fingerprint density at radius 1 is 1.20 bits per heavy atom. The van der Waals surface area contributed by atoms with E-state index in [2.05, 4.69) is 25.5 Å². The van der Waals surface area contributed by atoms with Gasteiger partial charge < -0.3 is 20.3 Å². The minimum Gasteiger partial charge on any atom is -0.494 e. The van der Waals surface area contributed by atoms with Gasteiger partial charge in [0.2, 0.25) is 5.95 Å². The summed E-state index contributed by atoms with van der Waals surface area (Å²) in [5.74, 6) is 0.987. The third kappa shape index (κ3) is 6.39. The number of rotatable bonds is 9. The van der Waals surface area contributed by atoms with Crippen molar-refractivity contribution in [3.8, 4) is 5.75 Å². The Bertz CT molecular complexity index is 673. The Balaban J connectivity index is 1.92. The summed E-state index contributed by atoms with van der Waals surface area (Å²) in [7, 11) is 4.01. The maximum atomic E-state index is 12.2. The van der Waals surface area contributed by atoms with E-state index in [1.165, 1.54) is 0 Å². The van der Waals surface area contributed by atoms with Gasteiger partial charge in [-0.05, 0) is 64.3 Å². The largest absolute Gasteiger partial charge is 0.494 e. The highest BCUT2D eigenvalue weighted by Gasteiger charge is 2.08. The highest BCUT2D eigenvalue weighted by molar-refractivity contribution is 5.92. The molecule has 0 fully saturated rings.